The minimum Gasteiger partial charge on any atom is -0.336 e. The van der Waals surface area contributed by atoms with E-state index in [2.05, 4.69) is 9.97 Å². The molecule has 6 nitrogen and oxygen atoms in total. The first kappa shape index (κ1) is 8.74. The van der Waals surface area contributed by atoms with E-state index in [0.717, 1.165) is 4.57 Å². The molecule has 0 aromatic carbocycles. The minimum absolute atomic E-state index is 0.344. The lowest BCUT2D eigenvalue weighted by atomic mass is 10.5. The van der Waals surface area contributed by atoms with Crippen LogP contribution in [0.3, 0.4) is 0 Å². The molecule has 6 heteroatoms. The van der Waals surface area contributed by atoms with Crippen molar-refractivity contribution in [2.75, 3.05) is 0 Å². The van der Waals surface area contributed by atoms with Gasteiger partial charge in [0.05, 0.1) is 0 Å². The first-order chi connectivity index (χ1) is 6.52. The average Bonchev–Trinajstić information content (AvgIpc) is 2.54. The van der Waals surface area contributed by atoms with E-state index in [-0.39, 0.29) is 11.2 Å². The summed E-state index contributed by atoms with van der Waals surface area (Å²) in [6.07, 6.45) is 0. The maximum atomic E-state index is 11.6. The number of aromatic nitrogens is 4. The topological polar surface area (TPSA) is 72.7 Å². The van der Waals surface area contributed by atoms with Crippen molar-refractivity contribution in [1.82, 2.24) is 19.1 Å². The Labute approximate surface area is 78.8 Å². The van der Waals surface area contributed by atoms with E-state index in [1.165, 1.54) is 11.6 Å². The number of aromatic amines is 1. The van der Waals surface area contributed by atoms with Crippen molar-refractivity contribution in [3.8, 4) is 0 Å². The summed E-state index contributed by atoms with van der Waals surface area (Å²) in [6, 6.07) is 0. The van der Waals surface area contributed by atoms with Crippen LogP contribution >= 0.6 is 0 Å². The van der Waals surface area contributed by atoms with Crippen LogP contribution in [0.4, 0.5) is 0 Å². The van der Waals surface area contributed by atoms with Crippen LogP contribution in [0.2, 0.25) is 0 Å². The number of nitrogens with zero attached hydrogens (tertiary/aromatic N) is 3. The number of hydrogen-bond acceptors (Lipinski definition) is 3. The van der Waals surface area contributed by atoms with Crippen LogP contribution in [0.15, 0.2) is 9.59 Å². The molecule has 0 aliphatic carbocycles. The van der Waals surface area contributed by atoms with Gasteiger partial charge in [-0.25, -0.2) is 9.78 Å². The maximum Gasteiger partial charge on any atom is 0.332 e. The summed E-state index contributed by atoms with van der Waals surface area (Å²) in [6.45, 7) is 1.74. The number of aryl methyl sites for hydroxylation is 2. The summed E-state index contributed by atoms with van der Waals surface area (Å²) in [5.41, 5.74) is 0.0559. The SMILES string of the molecule is Cc1nc2c([nH]1)c(=O)n(C)c(=O)n2C. The van der Waals surface area contributed by atoms with Gasteiger partial charge in [0.2, 0.25) is 0 Å². The molecule has 74 valence electrons. The Kier molecular flexibility index (Phi) is 1.60. The summed E-state index contributed by atoms with van der Waals surface area (Å²) in [7, 11) is 3.03. The smallest absolute Gasteiger partial charge is 0.332 e. The van der Waals surface area contributed by atoms with E-state index < -0.39 is 0 Å². The Bertz CT molecular complexity index is 617. The summed E-state index contributed by atoms with van der Waals surface area (Å²) >= 11 is 0. The van der Waals surface area contributed by atoms with Gasteiger partial charge in [-0.3, -0.25) is 13.9 Å². The lowest BCUT2D eigenvalue weighted by molar-refractivity contribution is 0.708. The molecule has 2 heterocycles. The minimum atomic E-state index is -0.367. The largest absolute Gasteiger partial charge is 0.336 e. The number of fused-ring (bicyclic) bond motifs is 1. The van der Waals surface area contributed by atoms with E-state index in [0.29, 0.717) is 17.0 Å². The van der Waals surface area contributed by atoms with Crippen molar-refractivity contribution in [3.63, 3.8) is 0 Å². The first-order valence-corrected chi connectivity index (χ1v) is 4.14. The molecule has 0 fully saturated rings. The normalized spacial score (nSPS) is 11.1. The second-order valence-corrected chi connectivity index (χ2v) is 3.23. The lowest BCUT2D eigenvalue weighted by Gasteiger charge is -2.00. The van der Waals surface area contributed by atoms with Crippen LogP contribution in [-0.4, -0.2) is 19.1 Å². The second-order valence-electron chi connectivity index (χ2n) is 3.23. The van der Waals surface area contributed by atoms with Gasteiger partial charge in [0.25, 0.3) is 5.56 Å². The molecule has 0 saturated heterocycles. The number of imidazole rings is 1. The van der Waals surface area contributed by atoms with E-state index in [4.69, 9.17) is 0 Å². The van der Waals surface area contributed by atoms with E-state index in [1.54, 1.807) is 14.0 Å². The van der Waals surface area contributed by atoms with Crippen molar-refractivity contribution in [2.24, 2.45) is 14.1 Å². The zero-order chi connectivity index (χ0) is 10.5. The molecule has 0 aliphatic heterocycles. The molecular weight excluding hydrogens is 184 g/mol. The Hall–Kier alpha value is -1.85. The lowest BCUT2D eigenvalue weighted by Crippen LogP contribution is -2.36. The number of H-pyrrole nitrogens is 1. The average molecular weight is 194 g/mol. The molecule has 0 saturated carbocycles. The van der Waals surface area contributed by atoms with Gasteiger partial charge in [-0.05, 0) is 6.92 Å². The maximum absolute atomic E-state index is 11.6. The highest BCUT2D eigenvalue weighted by atomic mass is 16.2. The Morgan fingerprint density at radius 2 is 1.86 bits per heavy atom. The molecular formula is C8H10N4O2. The van der Waals surface area contributed by atoms with Gasteiger partial charge in [0.15, 0.2) is 5.65 Å². The van der Waals surface area contributed by atoms with Crippen LogP contribution in [0.25, 0.3) is 11.2 Å². The Morgan fingerprint density at radius 1 is 1.21 bits per heavy atom. The predicted molar refractivity (Wildman–Crippen MR) is 51.3 cm³/mol. The van der Waals surface area contributed by atoms with Gasteiger partial charge in [-0.2, -0.15) is 0 Å². The van der Waals surface area contributed by atoms with E-state index >= 15 is 0 Å². The summed E-state index contributed by atoms with van der Waals surface area (Å²) in [4.78, 5) is 30.0. The molecule has 2 aromatic heterocycles. The van der Waals surface area contributed by atoms with E-state index in [1.807, 2.05) is 0 Å². The quantitative estimate of drug-likeness (QED) is 0.600. The highest BCUT2D eigenvalue weighted by molar-refractivity contribution is 5.69. The third-order valence-corrected chi connectivity index (χ3v) is 2.21. The van der Waals surface area contributed by atoms with Crippen LogP contribution in [0.5, 0.6) is 0 Å². The number of rotatable bonds is 0. The molecule has 0 aliphatic rings. The Balaban J connectivity index is 3.17. The van der Waals surface area contributed by atoms with Crippen LogP contribution in [-0.2, 0) is 14.1 Å². The summed E-state index contributed by atoms with van der Waals surface area (Å²) in [5, 5.41) is 0. The highest BCUT2D eigenvalue weighted by Crippen LogP contribution is 2.01. The monoisotopic (exact) mass is 194 g/mol. The van der Waals surface area contributed by atoms with Crippen LogP contribution in [0.1, 0.15) is 5.82 Å². The van der Waals surface area contributed by atoms with Crippen molar-refractivity contribution in [2.45, 2.75) is 6.92 Å². The third-order valence-electron chi connectivity index (χ3n) is 2.21. The molecule has 14 heavy (non-hydrogen) atoms. The van der Waals surface area contributed by atoms with Crippen LogP contribution < -0.4 is 11.2 Å². The van der Waals surface area contributed by atoms with Gasteiger partial charge < -0.3 is 4.98 Å². The third kappa shape index (κ3) is 0.935. The fraction of sp³-hybridized carbons (Fsp3) is 0.375. The molecule has 0 radical (unpaired) electrons. The van der Waals surface area contributed by atoms with Crippen molar-refractivity contribution >= 4 is 11.2 Å². The highest BCUT2D eigenvalue weighted by Gasteiger charge is 2.10. The molecule has 0 atom stereocenters. The van der Waals surface area contributed by atoms with Crippen molar-refractivity contribution < 1.29 is 0 Å². The molecule has 0 bridgehead atoms. The Morgan fingerprint density at radius 3 is 2.50 bits per heavy atom. The molecule has 2 rings (SSSR count). The first-order valence-electron chi connectivity index (χ1n) is 4.14. The zero-order valence-corrected chi connectivity index (χ0v) is 8.16. The number of hydrogen-bond donors (Lipinski definition) is 1. The summed E-state index contributed by atoms with van der Waals surface area (Å²) < 4.78 is 2.40. The molecule has 0 spiro atoms. The predicted octanol–water partition coefficient (Wildman–Crippen LogP) is -0.731. The molecule has 0 unspecified atom stereocenters. The zero-order valence-electron chi connectivity index (χ0n) is 8.16. The van der Waals surface area contributed by atoms with Gasteiger partial charge >= 0.3 is 5.69 Å². The molecule has 2 aromatic rings. The van der Waals surface area contributed by atoms with Gasteiger partial charge in [0.1, 0.15) is 11.3 Å². The second kappa shape index (κ2) is 2.57. The molecule has 1 N–H and O–H groups in total. The molecule has 0 amide bonds. The summed E-state index contributed by atoms with van der Waals surface area (Å²) in [5.74, 6) is 0.623. The van der Waals surface area contributed by atoms with Gasteiger partial charge in [-0.15, -0.1) is 0 Å². The number of nitrogens with one attached hydrogen (secondary N) is 1. The van der Waals surface area contributed by atoms with Crippen molar-refractivity contribution in [1.29, 1.82) is 0 Å². The fourth-order valence-electron chi connectivity index (χ4n) is 1.44. The van der Waals surface area contributed by atoms with Gasteiger partial charge in [0, 0.05) is 14.1 Å². The van der Waals surface area contributed by atoms with E-state index in [9.17, 15) is 9.59 Å². The van der Waals surface area contributed by atoms with Gasteiger partial charge in [-0.1, -0.05) is 0 Å². The van der Waals surface area contributed by atoms with Crippen LogP contribution in [0, 0.1) is 6.92 Å². The van der Waals surface area contributed by atoms with Crippen molar-refractivity contribution in [3.05, 3.63) is 26.7 Å². The fourth-order valence-corrected chi connectivity index (χ4v) is 1.44. The standard InChI is InChI=1S/C8H10N4O2/c1-4-9-5-6(10-4)11(2)8(14)12(3)7(5)13/h1-3H3,(H,9,10).